The van der Waals surface area contributed by atoms with Crippen LogP contribution in [-0.2, 0) is 0 Å². The molecule has 1 aromatic heterocycles. The van der Waals surface area contributed by atoms with Gasteiger partial charge in [-0.25, -0.2) is 0 Å². The summed E-state index contributed by atoms with van der Waals surface area (Å²) in [4.78, 5) is 1.89. The summed E-state index contributed by atoms with van der Waals surface area (Å²) in [6.07, 6.45) is 0. The van der Waals surface area contributed by atoms with E-state index in [1.807, 2.05) is 114 Å². The topological polar surface area (TPSA) is 16.4 Å². The highest BCUT2D eigenvalue weighted by molar-refractivity contribution is 6.19. The second kappa shape index (κ2) is 13.2. The average Bonchev–Trinajstić information content (AvgIpc) is 3.69. The van der Waals surface area contributed by atoms with Gasteiger partial charge in [-0.3, -0.25) is 0 Å². The van der Waals surface area contributed by atoms with Crippen LogP contribution in [0.2, 0.25) is 0 Å². The van der Waals surface area contributed by atoms with Crippen molar-refractivity contribution >= 4 is 71.3 Å². The second-order valence-corrected chi connectivity index (χ2v) is 14.2. The first-order chi connectivity index (χ1) is 29.4. The third kappa shape index (κ3) is 5.42. The van der Waals surface area contributed by atoms with Gasteiger partial charge < -0.3 is 9.32 Å². The molecule has 56 heavy (non-hydrogen) atoms. The van der Waals surface area contributed by atoms with Gasteiger partial charge in [-0.2, -0.15) is 0 Å². The summed E-state index contributed by atoms with van der Waals surface area (Å²) in [5.41, 5.74) is 7.92. The fraction of sp³-hybridized carbons (Fsp3) is 0. The van der Waals surface area contributed by atoms with Crippen molar-refractivity contribution in [1.82, 2.24) is 0 Å². The van der Waals surface area contributed by atoms with Crippen LogP contribution in [0.25, 0.3) is 87.6 Å². The highest BCUT2D eigenvalue weighted by atomic mass is 16.3. The van der Waals surface area contributed by atoms with Crippen LogP contribution in [0.4, 0.5) is 17.1 Å². The first kappa shape index (κ1) is 28.1. The van der Waals surface area contributed by atoms with Crippen LogP contribution in [-0.4, -0.2) is 0 Å². The van der Waals surface area contributed by atoms with Gasteiger partial charge in [0, 0.05) is 33.1 Å². The molecule has 11 aromatic rings. The first-order valence-corrected chi connectivity index (χ1v) is 18.8. The maximum atomic E-state index is 9.70. The molecule has 0 aliphatic heterocycles. The molecule has 0 amide bonds. The van der Waals surface area contributed by atoms with Crippen LogP contribution < -0.4 is 4.90 Å². The van der Waals surface area contributed by atoms with Crippen molar-refractivity contribution in [3.8, 4) is 33.4 Å². The van der Waals surface area contributed by atoms with E-state index < -0.39 is 0 Å². The molecule has 0 aliphatic rings. The van der Waals surface area contributed by atoms with Gasteiger partial charge in [0.2, 0.25) is 0 Å². The lowest BCUT2D eigenvalue weighted by Crippen LogP contribution is -2.11. The number of benzene rings is 10. The maximum absolute atomic E-state index is 9.70. The molecule has 0 unspecified atom stereocenters. The molecular formula is C54H35NO. The molecule has 1 heterocycles. The van der Waals surface area contributed by atoms with Gasteiger partial charge >= 0.3 is 0 Å². The number of anilines is 3. The van der Waals surface area contributed by atoms with Crippen LogP contribution in [0.15, 0.2) is 217 Å². The minimum absolute atomic E-state index is 0.106. The summed E-state index contributed by atoms with van der Waals surface area (Å²) in [7, 11) is 0. The summed E-state index contributed by atoms with van der Waals surface area (Å²) in [6, 6.07) is 62.7. The molecule has 0 saturated carbocycles. The van der Waals surface area contributed by atoms with E-state index in [2.05, 4.69) is 78.9 Å². The average molecular weight is 718 g/mol. The fourth-order valence-electron chi connectivity index (χ4n) is 8.14. The Hall–Kier alpha value is -7.42. The standard InChI is InChI=1S/C54H35NO/c1-3-12-41-34-43(22-20-36(41)10-1)38-24-29-45(30-25-38)55(46-31-26-39(27-32-46)44-23-21-37-11-2-4-13-42(37)35-44)51-18-7-5-15-47(51)49-17-9-14-40-28-33-50-48-16-6-8-19-52(48)56-54(50)53(40)49/h1-35H/i24D,25D,29D,30D. The number of hydrogen-bond acceptors (Lipinski definition) is 2. The van der Waals surface area contributed by atoms with E-state index in [0.29, 0.717) is 16.9 Å². The Morgan fingerprint density at radius 3 is 1.70 bits per heavy atom. The first-order valence-electron chi connectivity index (χ1n) is 20.8. The van der Waals surface area contributed by atoms with Crippen molar-refractivity contribution in [3.63, 3.8) is 0 Å². The summed E-state index contributed by atoms with van der Waals surface area (Å²) >= 11 is 0. The van der Waals surface area contributed by atoms with Gasteiger partial charge in [-0.1, -0.05) is 158 Å². The lowest BCUT2D eigenvalue weighted by molar-refractivity contribution is 0.673. The van der Waals surface area contributed by atoms with E-state index in [1.165, 1.54) is 5.39 Å². The highest BCUT2D eigenvalue weighted by Crippen LogP contribution is 2.46. The molecule has 0 spiro atoms. The van der Waals surface area contributed by atoms with Crippen LogP contribution >= 0.6 is 0 Å². The Kier molecular flexibility index (Phi) is 6.60. The van der Waals surface area contributed by atoms with E-state index in [9.17, 15) is 5.48 Å². The van der Waals surface area contributed by atoms with Gasteiger partial charge in [-0.15, -0.1) is 0 Å². The van der Waals surface area contributed by atoms with E-state index in [4.69, 9.17) is 4.42 Å². The fourth-order valence-corrected chi connectivity index (χ4v) is 8.14. The zero-order valence-corrected chi connectivity index (χ0v) is 30.3. The van der Waals surface area contributed by atoms with E-state index in [-0.39, 0.29) is 35.4 Å². The van der Waals surface area contributed by atoms with Gasteiger partial charge in [0.25, 0.3) is 0 Å². The van der Waals surface area contributed by atoms with Crippen molar-refractivity contribution < 1.29 is 9.90 Å². The Bertz CT molecular complexity index is 3470. The van der Waals surface area contributed by atoms with E-state index >= 15 is 0 Å². The monoisotopic (exact) mass is 717 g/mol. The van der Waals surface area contributed by atoms with Crippen LogP contribution in [0, 0.1) is 0 Å². The minimum atomic E-state index is -0.134. The highest BCUT2D eigenvalue weighted by Gasteiger charge is 2.21. The molecule has 0 radical (unpaired) electrons. The molecule has 10 aromatic carbocycles. The molecule has 11 rings (SSSR count). The summed E-state index contributed by atoms with van der Waals surface area (Å²) < 4.78 is 45.0. The molecule has 262 valence electrons. The third-order valence-corrected chi connectivity index (χ3v) is 10.9. The normalized spacial score (nSPS) is 12.6. The van der Waals surface area contributed by atoms with Gasteiger partial charge in [0.05, 0.1) is 11.2 Å². The predicted octanol–water partition coefficient (Wildman–Crippen LogP) is 15.5. The van der Waals surface area contributed by atoms with Crippen molar-refractivity contribution in [3.05, 3.63) is 212 Å². The van der Waals surface area contributed by atoms with Gasteiger partial charge in [0.1, 0.15) is 11.2 Å². The summed E-state index contributed by atoms with van der Waals surface area (Å²) in [6.45, 7) is 0. The third-order valence-electron chi connectivity index (χ3n) is 10.9. The van der Waals surface area contributed by atoms with Crippen molar-refractivity contribution in [2.24, 2.45) is 0 Å². The zero-order valence-electron chi connectivity index (χ0n) is 34.3. The SMILES string of the molecule is [2H]c1c([2H])c(N(c2ccc(-c3ccc4ccccc4c3)cc2)c2ccccc2-c2cccc3ccc4c5ccccc5oc4c23)c([2H])c([2H])c1-c1ccc2ccccc2c1. The van der Waals surface area contributed by atoms with Gasteiger partial charge in [0.15, 0.2) is 0 Å². The Balaban J connectivity index is 1.15. The molecule has 0 fully saturated rings. The minimum Gasteiger partial charge on any atom is -0.455 e. The molecule has 0 atom stereocenters. The number of fused-ring (bicyclic) bond motifs is 7. The largest absolute Gasteiger partial charge is 0.455 e. The Morgan fingerprint density at radius 2 is 0.946 bits per heavy atom. The van der Waals surface area contributed by atoms with Crippen molar-refractivity contribution in [2.75, 3.05) is 4.90 Å². The smallest absolute Gasteiger partial charge is 0.143 e. The Morgan fingerprint density at radius 1 is 0.375 bits per heavy atom. The molecule has 2 heteroatoms. The molecular weight excluding hydrogens is 679 g/mol. The van der Waals surface area contributed by atoms with E-state index in [1.54, 1.807) is 0 Å². The molecule has 0 N–H and O–H groups in total. The van der Waals surface area contributed by atoms with Crippen LogP contribution in [0.1, 0.15) is 5.48 Å². The summed E-state index contributed by atoms with van der Waals surface area (Å²) in [5.74, 6) is 0. The lowest BCUT2D eigenvalue weighted by Gasteiger charge is -2.28. The quantitative estimate of drug-likeness (QED) is 0.170. The van der Waals surface area contributed by atoms with Crippen molar-refractivity contribution in [1.29, 1.82) is 0 Å². The number of furan rings is 1. The molecule has 0 saturated heterocycles. The second-order valence-electron chi connectivity index (χ2n) is 14.2. The predicted molar refractivity (Wildman–Crippen MR) is 237 cm³/mol. The molecule has 0 bridgehead atoms. The van der Waals surface area contributed by atoms with E-state index in [0.717, 1.165) is 71.1 Å². The molecule has 2 nitrogen and oxygen atoms in total. The van der Waals surface area contributed by atoms with Gasteiger partial charge in [-0.05, 0) is 109 Å². The molecule has 0 aliphatic carbocycles. The zero-order chi connectivity index (χ0) is 40.5. The number of para-hydroxylation sites is 2. The maximum Gasteiger partial charge on any atom is 0.143 e. The van der Waals surface area contributed by atoms with Crippen LogP contribution in [0.3, 0.4) is 0 Å². The summed E-state index contributed by atoms with van der Waals surface area (Å²) in [5, 5.41) is 8.36. The number of hydrogen-bond donors (Lipinski definition) is 0. The number of rotatable bonds is 6. The Labute approximate surface area is 330 Å². The van der Waals surface area contributed by atoms with Crippen LogP contribution in [0.5, 0.6) is 0 Å². The lowest BCUT2D eigenvalue weighted by atomic mass is 9.94. The van der Waals surface area contributed by atoms with Crippen molar-refractivity contribution in [2.45, 2.75) is 0 Å². The number of nitrogens with zero attached hydrogens (tertiary/aromatic N) is 1.